The van der Waals surface area contributed by atoms with Crippen molar-refractivity contribution in [2.75, 3.05) is 11.9 Å². The molecule has 3 nitrogen and oxygen atoms in total. The summed E-state index contributed by atoms with van der Waals surface area (Å²) in [6.07, 6.45) is 6.74. The summed E-state index contributed by atoms with van der Waals surface area (Å²) in [7, 11) is 0. The first-order valence-corrected chi connectivity index (χ1v) is 6.72. The van der Waals surface area contributed by atoms with E-state index in [-0.39, 0.29) is 0 Å². The molecule has 0 bridgehead atoms. The van der Waals surface area contributed by atoms with Gasteiger partial charge in [-0.1, -0.05) is 43.3 Å². The molecule has 2 rings (SSSR count). The van der Waals surface area contributed by atoms with E-state index in [1.54, 1.807) is 0 Å². The molecule has 1 unspecified atom stereocenters. The first-order chi connectivity index (χ1) is 9.31. The third-order valence-electron chi connectivity index (χ3n) is 3.27. The van der Waals surface area contributed by atoms with Crippen molar-refractivity contribution in [1.82, 2.24) is 9.55 Å². The molecule has 0 spiro atoms. The van der Waals surface area contributed by atoms with Gasteiger partial charge in [0.05, 0.1) is 0 Å². The molecule has 2 aromatic rings. The van der Waals surface area contributed by atoms with Crippen molar-refractivity contribution in [1.29, 1.82) is 0 Å². The van der Waals surface area contributed by atoms with E-state index >= 15 is 0 Å². The minimum absolute atomic E-state index is 0.552. The van der Waals surface area contributed by atoms with Gasteiger partial charge in [0.2, 0.25) is 5.95 Å². The zero-order valence-electron chi connectivity index (χ0n) is 11.4. The van der Waals surface area contributed by atoms with Crippen LogP contribution in [0.4, 0.5) is 5.95 Å². The van der Waals surface area contributed by atoms with Crippen LogP contribution in [0.5, 0.6) is 0 Å². The van der Waals surface area contributed by atoms with Crippen LogP contribution in [0.1, 0.15) is 24.8 Å². The van der Waals surface area contributed by atoms with Crippen molar-refractivity contribution < 1.29 is 0 Å². The average molecular weight is 255 g/mol. The molecule has 0 aliphatic heterocycles. The largest absolute Gasteiger partial charge is 0.356 e. The van der Waals surface area contributed by atoms with Crippen LogP contribution in [0.2, 0.25) is 0 Å². The second-order valence-corrected chi connectivity index (χ2v) is 4.72. The van der Waals surface area contributed by atoms with Gasteiger partial charge in [0.15, 0.2) is 0 Å². The normalized spacial score (nSPS) is 12.1. The second kappa shape index (κ2) is 6.78. The molecule has 0 radical (unpaired) electrons. The van der Waals surface area contributed by atoms with Crippen LogP contribution in [0.3, 0.4) is 0 Å². The highest BCUT2D eigenvalue weighted by molar-refractivity contribution is 5.26. The highest BCUT2D eigenvalue weighted by Gasteiger charge is 2.05. The number of allylic oxidation sites excluding steroid dienone is 1. The predicted molar refractivity (Wildman–Crippen MR) is 80.4 cm³/mol. The summed E-state index contributed by atoms with van der Waals surface area (Å²) in [5.74, 6) is 1.47. The molecule has 1 heterocycles. The van der Waals surface area contributed by atoms with E-state index in [1.807, 2.05) is 18.5 Å². The van der Waals surface area contributed by atoms with Gasteiger partial charge in [0.25, 0.3) is 0 Å². The average Bonchev–Trinajstić information content (AvgIpc) is 2.88. The van der Waals surface area contributed by atoms with E-state index in [0.29, 0.717) is 5.92 Å². The van der Waals surface area contributed by atoms with Crippen molar-refractivity contribution in [3.63, 3.8) is 0 Å². The van der Waals surface area contributed by atoms with Crippen molar-refractivity contribution in [3.8, 4) is 0 Å². The van der Waals surface area contributed by atoms with Crippen LogP contribution in [0.15, 0.2) is 55.4 Å². The number of imidazole rings is 1. The molecule has 0 amide bonds. The van der Waals surface area contributed by atoms with Crippen LogP contribution >= 0.6 is 0 Å². The van der Waals surface area contributed by atoms with Crippen LogP contribution in [0, 0.1) is 0 Å². The number of rotatable bonds is 7. The third-order valence-corrected chi connectivity index (χ3v) is 3.27. The van der Waals surface area contributed by atoms with Crippen molar-refractivity contribution in [3.05, 3.63) is 60.9 Å². The number of nitrogens with one attached hydrogen (secondary N) is 1. The Hall–Kier alpha value is -2.03. The fourth-order valence-corrected chi connectivity index (χ4v) is 2.11. The van der Waals surface area contributed by atoms with E-state index in [9.17, 15) is 0 Å². The van der Waals surface area contributed by atoms with Crippen molar-refractivity contribution in [2.45, 2.75) is 25.8 Å². The molecule has 0 saturated carbocycles. The smallest absolute Gasteiger partial charge is 0.203 e. The summed E-state index contributed by atoms with van der Waals surface area (Å²) in [5, 5.41) is 3.38. The lowest BCUT2D eigenvalue weighted by atomic mass is 9.98. The van der Waals surface area contributed by atoms with Crippen LogP contribution in [-0.4, -0.2) is 16.1 Å². The Morgan fingerprint density at radius 1 is 1.37 bits per heavy atom. The summed E-state index contributed by atoms with van der Waals surface area (Å²) < 4.78 is 2.06. The lowest BCUT2D eigenvalue weighted by Gasteiger charge is -2.13. The fraction of sp³-hybridized carbons (Fsp3) is 0.312. The molecular formula is C16H21N3. The highest BCUT2D eigenvalue weighted by Crippen LogP contribution is 2.18. The predicted octanol–water partition coefficient (Wildman–Crippen LogP) is 3.67. The maximum Gasteiger partial charge on any atom is 0.203 e. The van der Waals surface area contributed by atoms with Gasteiger partial charge < -0.3 is 9.88 Å². The Balaban J connectivity index is 1.83. The van der Waals surface area contributed by atoms with Crippen molar-refractivity contribution >= 4 is 5.95 Å². The van der Waals surface area contributed by atoms with Gasteiger partial charge in [-0.2, -0.15) is 0 Å². The Labute approximate surface area is 115 Å². The molecule has 3 heteroatoms. The first-order valence-electron chi connectivity index (χ1n) is 6.72. The van der Waals surface area contributed by atoms with Gasteiger partial charge in [-0.25, -0.2) is 4.98 Å². The Morgan fingerprint density at radius 3 is 2.89 bits per heavy atom. The summed E-state index contributed by atoms with van der Waals surface area (Å²) in [6.45, 7) is 7.71. The zero-order chi connectivity index (χ0) is 13.5. The summed E-state index contributed by atoms with van der Waals surface area (Å²) in [5.41, 5.74) is 1.39. The van der Waals surface area contributed by atoms with Gasteiger partial charge in [0.1, 0.15) is 0 Å². The SMILES string of the molecule is C=CCn1ccnc1NCCC(C)c1ccccc1. The van der Waals surface area contributed by atoms with E-state index < -0.39 is 0 Å². The lowest BCUT2D eigenvalue weighted by molar-refractivity contribution is 0.697. The second-order valence-electron chi connectivity index (χ2n) is 4.72. The number of hydrogen-bond donors (Lipinski definition) is 1. The first kappa shape index (κ1) is 13.4. The molecular weight excluding hydrogens is 234 g/mol. The molecule has 1 N–H and O–H groups in total. The topological polar surface area (TPSA) is 29.9 Å². The molecule has 1 aromatic carbocycles. The minimum atomic E-state index is 0.552. The maximum absolute atomic E-state index is 4.31. The van der Waals surface area contributed by atoms with Gasteiger partial charge in [-0.05, 0) is 17.9 Å². The molecule has 0 fully saturated rings. The van der Waals surface area contributed by atoms with E-state index in [1.165, 1.54) is 5.56 Å². The fourth-order valence-electron chi connectivity index (χ4n) is 2.11. The van der Waals surface area contributed by atoms with Gasteiger partial charge in [-0.15, -0.1) is 6.58 Å². The van der Waals surface area contributed by atoms with Crippen LogP contribution in [0.25, 0.3) is 0 Å². The summed E-state index contributed by atoms with van der Waals surface area (Å²) in [4.78, 5) is 4.31. The van der Waals surface area contributed by atoms with Crippen molar-refractivity contribution in [2.24, 2.45) is 0 Å². The Kier molecular flexibility index (Phi) is 4.78. The maximum atomic E-state index is 4.31. The molecule has 0 aliphatic carbocycles. The molecule has 19 heavy (non-hydrogen) atoms. The Bertz CT molecular complexity index is 502. The number of benzene rings is 1. The van der Waals surface area contributed by atoms with E-state index in [2.05, 4.69) is 58.7 Å². The molecule has 0 aliphatic rings. The zero-order valence-corrected chi connectivity index (χ0v) is 11.4. The number of anilines is 1. The monoisotopic (exact) mass is 255 g/mol. The highest BCUT2D eigenvalue weighted by atomic mass is 15.2. The lowest BCUT2D eigenvalue weighted by Crippen LogP contribution is -2.10. The molecule has 100 valence electrons. The molecule has 1 aromatic heterocycles. The van der Waals surface area contributed by atoms with Gasteiger partial charge >= 0.3 is 0 Å². The van der Waals surface area contributed by atoms with Crippen LogP contribution < -0.4 is 5.32 Å². The van der Waals surface area contributed by atoms with Crippen LogP contribution in [-0.2, 0) is 6.54 Å². The minimum Gasteiger partial charge on any atom is -0.356 e. The summed E-state index contributed by atoms with van der Waals surface area (Å²) >= 11 is 0. The van der Waals surface area contributed by atoms with E-state index in [4.69, 9.17) is 0 Å². The van der Waals surface area contributed by atoms with Gasteiger partial charge in [0, 0.05) is 25.5 Å². The standard InChI is InChI=1S/C16H21N3/c1-3-12-19-13-11-18-16(19)17-10-9-14(2)15-7-5-4-6-8-15/h3-8,11,13-14H,1,9-10,12H2,2H3,(H,17,18). The molecule has 1 atom stereocenters. The summed E-state index contributed by atoms with van der Waals surface area (Å²) in [6, 6.07) is 10.6. The number of nitrogens with zero attached hydrogens (tertiary/aromatic N) is 2. The van der Waals surface area contributed by atoms with E-state index in [0.717, 1.165) is 25.5 Å². The molecule has 0 saturated heterocycles. The number of aromatic nitrogens is 2. The Morgan fingerprint density at radius 2 is 2.16 bits per heavy atom. The third kappa shape index (κ3) is 3.71. The van der Waals surface area contributed by atoms with Gasteiger partial charge in [-0.3, -0.25) is 0 Å². The quantitative estimate of drug-likeness (QED) is 0.765. The number of hydrogen-bond acceptors (Lipinski definition) is 2.